The monoisotopic (exact) mass is 478 g/mol. The van der Waals surface area contributed by atoms with Gasteiger partial charge >= 0.3 is 0 Å². The van der Waals surface area contributed by atoms with Crippen molar-refractivity contribution in [3.05, 3.63) is 82.7 Å². The zero-order valence-corrected chi connectivity index (χ0v) is 19.0. The van der Waals surface area contributed by atoms with Crippen LogP contribution >= 0.6 is 11.9 Å². The van der Waals surface area contributed by atoms with E-state index in [-0.39, 0.29) is 17.2 Å². The van der Waals surface area contributed by atoms with Crippen LogP contribution in [0.2, 0.25) is 0 Å². The third kappa shape index (κ3) is 3.81. The van der Waals surface area contributed by atoms with Crippen LogP contribution in [0, 0.1) is 11.6 Å². The van der Waals surface area contributed by atoms with Gasteiger partial charge in [-0.25, -0.2) is 13.8 Å². The average Bonchev–Trinajstić information content (AvgIpc) is 3.43. The molecule has 0 atom stereocenters. The molecule has 4 aromatic rings. The Bertz CT molecular complexity index is 1450. The molecular formula is C25H20F2N4O2S. The molecule has 0 saturated carbocycles. The predicted molar refractivity (Wildman–Crippen MR) is 129 cm³/mol. The summed E-state index contributed by atoms with van der Waals surface area (Å²) in [6, 6.07) is 9.58. The SMILES string of the molecule is CCCSNc1ccc(F)c(C(=O)c2c[nH]c3ncc(-c4ccc5c(c4)CNC5=O)cc23)c1F. The van der Waals surface area contributed by atoms with E-state index in [4.69, 9.17) is 0 Å². The Labute approximate surface area is 198 Å². The second-order valence-corrected chi connectivity index (χ2v) is 8.84. The fraction of sp³-hybridized carbons (Fsp3) is 0.160. The van der Waals surface area contributed by atoms with Gasteiger partial charge in [0, 0.05) is 46.8 Å². The maximum atomic E-state index is 15.1. The molecule has 0 spiro atoms. The first kappa shape index (κ1) is 22.1. The Hall–Kier alpha value is -3.72. The molecule has 0 aliphatic carbocycles. The first-order valence-corrected chi connectivity index (χ1v) is 11.8. The number of anilines is 1. The molecule has 1 amide bonds. The highest BCUT2D eigenvalue weighted by Crippen LogP contribution is 2.31. The van der Waals surface area contributed by atoms with Crippen molar-refractivity contribution in [3.63, 3.8) is 0 Å². The second-order valence-electron chi connectivity index (χ2n) is 7.94. The van der Waals surface area contributed by atoms with Crippen molar-refractivity contribution in [3.8, 4) is 11.1 Å². The first-order valence-electron chi connectivity index (χ1n) is 10.8. The van der Waals surface area contributed by atoms with Gasteiger partial charge in [0.1, 0.15) is 11.5 Å². The molecule has 3 heterocycles. The normalized spacial score (nSPS) is 12.6. The van der Waals surface area contributed by atoms with Gasteiger partial charge in [-0.2, -0.15) is 0 Å². The number of nitrogens with one attached hydrogen (secondary N) is 3. The number of carbonyl (C=O) groups is 2. The van der Waals surface area contributed by atoms with Gasteiger partial charge in [0.25, 0.3) is 5.91 Å². The largest absolute Gasteiger partial charge is 0.348 e. The predicted octanol–water partition coefficient (Wildman–Crippen LogP) is 5.45. The van der Waals surface area contributed by atoms with Crippen molar-refractivity contribution in [2.45, 2.75) is 19.9 Å². The summed E-state index contributed by atoms with van der Waals surface area (Å²) in [4.78, 5) is 32.4. The molecule has 3 N–H and O–H groups in total. The van der Waals surface area contributed by atoms with Gasteiger partial charge < -0.3 is 15.0 Å². The number of carbonyl (C=O) groups excluding carboxylic acids is 2. The lowest BCUT2D eigenvalue weighted by molar-refractivity contribution is 0.0964. The van der Waals surface area contributed by atoms with Gasteiger partial charge in [-0.05, 0) is 47.9 Å². The maximum Gasteiger partial charge on any atom is 0.251 e. The molecule has 172 valence electrons. The molecule has 5 rings (SSSR count). The maximum absolute atomic E-state index is 15.1. The average molecular weight is 479 g/mol. The Morgan fingerprint density at radius 3 is 2.85 bits per heavy atom. The third-order valence-electron chi connectivity index (χ3n) is 5.70. The van der Waals surface area contributed by atoms with Crippen molar-refractivity contribution >= 4 is 40.4 Å². The minimum absolute atomic E-state index is 0.0585. The third-order valence-corrected chi connectivity index (χ3v) is 6.68. The Morgan fingerprint density at radius 1 is 1.18 bits per heavy atom. The standard InChI is InChI=1S/C25H20F2N4O2S/c1-2-7-34-31-20-6-5-19(26)21(22(20)27)23(32)18-12-29-24-17(18)9-14(10-28-24)13-3-4-16-15(8-13)11-30-25(16)33/h3-6,8-10,12,31H,2,7,11H2,1H3,(H,28,29)(H,30,33). The number of rotatable bonds is 7. The van der Waals surface area contributed by atoms with Crippen molar-refractivity contribution in [1.82, 2.24) is 15.3 Å². The Kier molecular flexibility index (Phi) is 5.79. The quantitative estimate of drug-likeness (QED) is 0.187. The molecule has 1 aliphatic heterocycles. The van der Waals surface area contributed by atoms with E-state index in [0.29, 0.717) is 23.1 Å². The summed E-state index contributed by atoms with van der Waals surface area (Å²) < 4.78 is 32.6. The molecular weight excluding hydrogens is 458 g/mol. The number of pyridine rings is 1. The van der Waals surface area contributed by atoms with Gasteiger partial charge in [-0.15, -0.1) is 0 Å². The van der Waals surface area contributed by atoms with Crippen molar-refractivity contribution in [2.75, 3.05) is 10.5 Å². The summed E-state index contributed by atoms with van der Waals surface area (Å²) in [5.41, 5.74) is 3.04. The van der Waals surface area contributed by atoms with Crippen LogP contribution in [-0.4, -0.2) is 27.4 Å². The van der Waals surface area contributed by atoms with E-state index in [9.17, 15) is 14.0 Å². The van der Waals surface area contributed by atoms with E-state index in [1.807, 2.05) is 19.1 Å². The molecule has 0 bridgehead atoms. The number of benzene rings is 2. The molecule has 0 saturated heterocycles. The molecule has 0 radical (unpaired) electrons. The molecule has 0 unspecified atom stereocenters. The van der Waals surface area contributed by atoms with E-state index >= 15 is 4.39 Å². The van der Waals surface area contributed by atoms with E-state index in [1.54, 1.807) is 18.3 Å². The lowest BCUT2D eigenvalue weighted by Crippen LogP contribution is -2.12. The number of nitrogens with zero attached hydrogens (tertiary/aromatic N) is 1. The molecule has 0 fully saturated rings. The highest BCUT2D eigenvalue weighted by molar-refractivity contribution is 8.00. The minimum atomic E-state index is -0.928. The van der Waals surface area contributed by atoms with Crippen LogP contribution in [0.3, 0.4) is 0 Å². The molecule has 2 aromatic carbocycles. The summed E-state index contributed by atoms with van der Waals surface area (Å²) in [7, 11) is 0. The van der Waals surface area contributed by atoms with E-state index in [0.717, 1.165) is 34.9 Å². The van der Waals surface area contributed by atoms with Crippen LogP contribution in [0.4, 0.5) is 14.5 Å². The number of halogens is 2. The van der Waals surface area contributed by atoms with Crippen LogP contribution in [0.5, 0.6) is 0 Å². The van der Waals surface area contributed by atoms with Crippen molar-refractivity contribution in [1.29, 1.82) is 0 Å². The first-order chi connectivity index (χ1) is 16.5. The van der Waals surface area contributed by atoms with Gasteiger partial charge in [0.15, 0.2) is 5.82 Å². The summed E-state index contributed by atoms with van der Waals surface area (Å²) in [6.07, 6.45) is 3.95. The number of fused-ring (bicyclic) bond motifs is 2. The number of hydrogen-bond donors (Lipinski definition) is 3. The van der Waals surface area contributed by atoms with Crippen LogP contribution in [-0.2, 0) is 6.54 Å². The summed E-state index contributed by atoms with van der Waals surface area (Å²) in [6.45, 7) is 2.44. The van der Waals surface area contributed by atoms with Crippen LogP contribution in [0.15, 0.2) is 48.8 Å². The number of aromatic amines is 1. The fourth-order valence-corrected chi connectivity index (χ4v) is 4.59. The molecule has 1 aliphatic rings. The number of aromatic nitrogens is 2. The highest BCUT2D eigenvalue weighted by Gasteiger charge is 2.25. The fourth-order valence-electron chi connectivity index (χ4n) is 3.97. The molecule has 6 nitrogen and oxygen atoms in total. The van der Waals surface area contributed by atoms with Gasteiger partial charge in [0.2, 0.25) is 5.78 Å². The van der Waals surface area contributed by atoms with Crippen LogP contribution < -0.4 is 10.0 Å². The Morgan fingerprint density at radius 2 is 2.03 bits per heavy atom. The van der Waals surface area contributed by atoms with Crippen molar-refractivity contribution in [2.24, 2.45) is 0 Å². The lowest BCUT2D eigenvalue weighted by atomic mass is 9.98. The van der Waals surface area contributed by atoms with Gasteiger partial charge in [0.05, 0.1) is 11.3 Å². The van der Waals surface area contributed by atoms with E-state index in [2.05, 4.69) is 20.0 Å². The van der Waals surface area contributed by atoms with Crippen LogP contribution in [0.1, 0.15) is 45.2 Å². The summed E-state index contributed by atoms with van der Waals surface area (Å²) >= 11 is 1.29. The van der Waals surface area contributed by atoms with Crippen LogP contribution in [0.25, 0.3) is 22.2 Å². The summed E-state index contributed by atoms with van der Waals surface area (Å²) in [5, 5.41) is 3.23. The minimum Gasteiger partial charge on any atom is -0.348 e. The Balaban J connectivity index is 1.53. The molecule has 2 aromatic heterocycles. The van der Waals surface area contributed by atoms with Crippen molar-refractivity contribution < 1.29 is 18.4 Å². The summed E-state index contributed by atoms with van der Waals surface area (Å²) in [5.74, 6) is -1.99. The number of H-pyrrole nitrogens is 1. The lowest BCUT2D eigenvalue weighted by Gasteiger charge is -2.10. The van der Waals surface area contributed by atoms with E-state index in [1.165, 1.54) is 24.2 Å². The zero-order valence-electron chi connectivity index (χ0n) is 18.2. The topological polar surface area (TPSA) is 86.9 Å². The highest BCUT2D eigenvalue weighted by atomic mass is 32.2. The van der Waals surface area contributed by atoms with E-state index < -0.39 is 23.0 Å². The zero-order chi connectivity index (χ0) is 23.8. The molecule has 9 heteroatoms. The van der Waals surface area contributed by atoms with Gasteiger partial charge in [-0.1, -0.05) is 24.9 Å². The number of amides is 1. The molecule has 34 heavy (non-hydrogen) atoms. The second kappa shape index (κ2) is 8.90. The van der Waals surface area contributed by atoms with Gasteiger partial charge in [-0.3, -0.25) is 9.59 Å². The number of ketones is 1. The number of hydrogen-bond acceptors (Lipinski definition) is 5. The smallest absolute Gasteiger partial charge is 0.251 e.